The average molecular weight is 604 g/mol. The summed E-state index contributed by atoms with van der Waals surface area (Å²) in [6, 6.07) is 8.33. The number of aromatic carboxylic acids is 1. The quantitative estimate of drug-likeness (QED) is 0.268. The summed E-state index contributed by atoms with van der Waals surface area (Å²) < 4.78 is 0.656. The number of allylic oxidation sites excluding steroid dienone is 6. The van der Waals surface area contributed by atoms with Gasteiger partial charge in [-0.15, -0.1) is 0 Å². The smallest absolute Gasteiger partial charge is 0.339 e. The highest BCUT2D eigenvalue weighted by atomic mass is 79.9. The van der Waals surface area contributed by atoms with E-state index in [-0.39, 0.29) is 52.6 Å². The predicted octanol–water partition coefficient (Wildman–Crippen LogP) is 4.19. The SMILES string of the molecule is CC1=CC(=O)C2=C(C1=O)[C@@H](c1cc(Br)ccc1O)C1=CC[C@@H]3C(=O)N(c4ccc(C(=O)O)c(O)c4)C(=O)[C@@H]3[C@@H]1C2. The van der Waals surface area contributed by atoms with Gasteiger partial charge in [0.1, 0.15) is 17.1 Å². The standard InChI is InChI=1S/C30H22BrNO8/c1-12-8-22(34)20-11-18-15(24(26(20)27(12)36)19-9-13(31)2-7-21(19)33)5-6-17-25(18)29(38)32(28(17)37)14-3-4-16(30(39)40)23(35)10-14/h2-5,7-10,17-18,24-25,33,35H,6,11H2,1H3,(H,39,40)/t17-,18+,24+,25-/m0/s1. The van der Waals surface area contributed by atoms with Crippen LogP contribution in [0.15, 0.2) is 75.3 Å². The molecule has 6 rings (SSSR count). The summed E-state index contributed by atoms with van der Waals surface area (Å²) in [6.45, 7) is 1.57. The Balaban J connectivity index is 1.48. The Labute approximate surface area is 236 Å². The Morgan fingerprint density at radius 1 is 0.975 bits per heavy atom. The van der Waals surface area contributed by atoms with Crippen molar-refractivity contribution in [1.82, 2.24) is 0 Å². The molecule has 0 saturated carbocycles. The minimum atomic E-state index is -1.35. The van der Waals surface area contributed by atoms with Crippen LogP contribution in [-0.2, 0) is 19.2 Å². The third-order valence-corrected chi connectivity index (χ3v) is 8.83. The van der Waals surface area contributed by atoms with E-state index in [4.69, 9.17) is 0 Å². The van der Waals surface area contributed by atoms with Crippen LogP contribution >= 0.6 is 15.9 Å². The van der Waals surface area contributed by atoms with Crippen LogP contribution in [0.25, 0.3) is 0 Å². The number of carbonyl (C=O) groups excluding carboxylic acids is 4. The Morgan fingerprint density at radius 2 is 1.73 bits per heavy atom. The van der Waals surface area contributed by atoms with Gasteiger partial charge in [0.2, 0.25) is 11.8 Å². The highest BCUT2D eigenvalue weighted by Crippen LogP contribution is 2.56. The number of carbonyl (C=O) groups is 5. The van der Waals surface area contributed by atoms with Gasteiger partial charge in [-0.2, -0.15) is 0 Å². The molecule has 0 spiro atoms. The fourth-order valence-electron chi connectivity index (χ4n) is 6.57. The number of fused-ring (bicyclic) bond motifs is 3. The second-order valence-corrected chi connectivity index (χ2v) is 11.4. The summed E-state index contributed by atoms with van der Waals surface area (Å²) in [7, 11) is 0. The van der Waals surface area contributed by atoms with Crippen LogP contribution in [0, 0.1) is 17.8 Å². The molecule has 4 aliphatic rings. The number of nitrogens with zero attached hydrogens (tertiary/aromatic N) is 1. The molecule has 3 N–H and O–H groups in total. The maximum Gasteiger partial charge on any atom is 0.339 e. The number of phenolic OH excluding ortho intramolecular Hbond substituents is 1. The molecule has 10 heteroatoms. The van der Waals surface area contributed by atoms with Crippen molar-refractivity contribution in [3.63, 3.8) is 0 Å². The van der Waals surface area contributed by atoms with E-state index in [2.05, 4.69) is 15.9 Å². The van der Waals surface area contributed by atoms with Crippen molar-refractivity contribution in [2.24, 2.45) is 17.8 Å². The van der Waals surface area contributed by atoms with E-state index in [1.165, 1.54) is 18.2 Å². The number of imide groups is 1. The monoisotopic (exact) mass is 603 g/mol. The predicted molar refractivity (Wildman–Crippen MR) is 145 cm³/mol. The lowest BCUT2D eigenvalue weighted by molar-refractivity contribution is -0.123. The van der Waals surface area contributed by atoms with Gasteiger partial charge in [0, 0.05) is 38.7 Å². The zero-order valence-corrected chi connectivity index (χ0v) is 22.6. The van der Waals surface area contributed by atoms with Gasteiger partial charge in [0.25, 0.3) is 0 Å². The molecule has 2 aromatic carbocycles. The lowest BCUT2D eigenvalue weighted by atomic mass is 9.59. The summed E-state index contributed by atoms with van der Waals surface area (Å²) >= 11 is 3.42. The number of rotatable bonds is 3. The zero-order valence-electron chi connectivity index (χ0n) is 21.1. The largest absolute Gasteiger partial charge is 0.508 e. The molecule has 1 aliphatic heterocycles. The number of halogens is 1. The van der Waals surface area contributed by atoms with Crippen LogP contribution in [0.3, 0.4) is 0 Å². The first-order chi connectivity index (χ1) is 19.0. The summed E-state index contributed by atoms with van der Waals surface area (Å²) in [6.07, 6.45) is 3.40. The second kappa shape index (κ2) is 9.12. The van der Waals surface area contributed by atoms with Gasteiger partial charge in [0.05, 0.1) is 17.5 Å². The van der Waals surface area contributed by atoms with E-state index in [0.717, 1.165) is 17.0 Å². The molecule has 0 aromatic heterocycles. The fraction of sp³-hybridized carbons (Fsp3) is 0.233. The highest BCUT2D eigenvalue weighted by Gasteiger charge is 2.57. The molecule has 0 unspecified atom stereocenters. The number of carboxylic acids is 1. The van der Waals surface area contributed by atoms with E-state index in [0.29, 0.717) is 21.2 Å². The number of aromatic hydroxyl groups is 2. The Hall–Kier alpha value is -4.31. The van der Waals surface area contributed by atoms with Crippen LogP contribution < -0.4 is 4.90 Å². The van der Waals surface area contributed by atoms with E-state index in [1.54, 1.807) is 19.1 Å². The van der Waals surface area contributed by atoms with E-state index in [1.807, 2.05) is 6.08 Å². The van der Waals surface area contributed by atoms with E-state index >= 15 is 0 Å². The third kappa shape index (κ3) is 3.70. The minimum absolute atomic E-state index is 0.0489. The molecule has 2 aromatic rings. The third-order valence-electron chi connectivity index (χ3n) is 8.34. The van der Waals surface area contributed by atoms with Crippen LogP contribution in [0.4, 0.5) is 5.69 Å². The lowest BCUT2D eigenvalue weighted by Crippen LogP contribution is -2.39. The van der Waals surface area contributed by atoms with Crippen molar-refractivity contribution in [3.8, 4) is 11.5 Å². The first-order valence-corrected chi connectivity index (χ1v) is 13.4. The number of amides is 2. The molecule has 4 atom stereocenters. The summed E-state index contributed by atoms with van der Waals surface area (Å²) in [4.78, 5) is 66.4. The minimum Gasteiger partial charge on any atom is -0.508 e. The molecule has 202 valence electrons. The fourth-order valence-corrected chi connectivity index (χ4v) is 6.95. The van der Waals surface area contributed by atoms with Gasteiger partial charge in [-0.05, 0) is 62.1 Å². The second-order valence-electron chi connectivity index (χ2n) is 10.5. The number of benzene rings is 2. The topological polar surface area (TPSA) is 149 Å². The van der Waals surface area contributed by atoms with Crippen molar-refractivity contribution in [1.29, 1.82) is 0 Å². The maximum absolute atomic E-state index is 13.9. The number of anilines is 1. The summed E-state index contributed by atoms with van der Waals surface area (Å²) in [5.41, 5.74) is 1.63. The number of hydrogen-bond donors (Lipinski definition) is 3. The Kier molecular flexibility index (Phi) is 5.92. The summed E-state index contributed by atoms with van der Waals surface area (Å²) in [5.74, 6) is -6.64. The van der Waals surface area contributed by atoms with Gasteiger partial charge in [0.15, 0.2) is 11.6 Å². The molecule has 0 bridgehead atoms. The lowest BCUT2D eigenvalue weighted by Gasteiger charge is -2.42. The molecule has 2 amide bonds. The summed E-state index contributed by atoms with van der Waals surface area (Å²) in [5, 5.41) is 30.3. The highest BCUT2D eigenvalue weighted by molar-refractivity contribution is 9.10. The van der Waals surface area contributed by atoms with Gasteiger partial charge in [-0.25, -0.2) is 9.69 Å². The van der Waals surface area contributed by atoms with Crippen molar-refractivity contribution in [2.45, 2.75) is 25.7 Å². The van der Waals surface area contributed by atoms with Crippen molar-refractivity contribution < 1.29 is 39.3 Å². The number of ketones is 2. The van der Waals surface area contributed by atoms with Gasteiger partial charge in [-0.1, -0.05) is 27.6 Å². The normalized spacial score (nSPS) is 25.8. The zero-order chi connectivity index (χ0) is 28.6. The van der Waals surface area contributed by atoms with Crippen LogP contribution in [0.1, 0.15) is 41.6 Å². The van der Waals surface area contributed by atoms with E-state index < -0.39 is 47.2 Å². The number of hydrogen-bond acceptors (Lipinski definition) is 7. The van der Waals surface area contributed by atoms with Crippen molar-refractivity contribution >= 4 is 51.0 Å². The first-order valence-electron chi connectivity index (χ1n) is 12.6. The average Bonchev–Trinajstić information content (AvgIpc) is 3.17. The van der Waals surface area contributed by atoms with Crippen LogP contribution in [0.5, 0.6) is 11.5 Å². The van der Waals surface area contributed by atoms with Crippen LogP contribution in [0.2, 0.25) is 0 Å². The molecular weight excluding hydrogens is 582 g/mol. The van der Waals surface area contributed by atoms with E-state index in [9.17, 15) is 39.3 Å². The molecule has 3 aliphatic carbocycles. The molecule has 1 fully saturated rings. The molecule has 1 heterocycles. The number of phenols is 2. The number of carboxylic acid groups (broad SMARTS) is 1. The van der Waals surface area contributed by atoms with Crippen molar-refractivity contribution in [2.75, 3.05) is 4.90 Å². The molecule has 40 heavy (non-hydrogen) atoms. The van der Waals surface area contributed by atoms with Crippen molar-refractivity contribution in [3.05, 3.63) is 86.4 Å². The Morgan fingerprint density at radius 3 is 2.42 bits per heavy atom. The van der Waals surface area contributed by atoms with Gasteiger partial charge in [-0.3, -0.25) is 19.2 Å². The molecule has 9 nitrogen and oxygen atoms in total. The van der Waals surface area contributed by atoms with Crippen LogP contribution in [-0.4, -0.2) is 44.7 Å². The first kappa shape index (κ1) is 25.9. The molecular formula is C30H22BrNO8. The maximum atomic E-state index is 13.9. The molecule has 1 saturated heterocycles. The van der Waals surface area contributed by atoms with Gasteiger partial charge >= 0.3 is 5.97 Å². The van der Waals surface area contributed by atoms with Gasteiger partial charge < -0.3 is 15.3 Å². The molecule has 0 radical (unpaired) electrons. The number of Topliss-reactive ketones (excluding diaryl/α,β-unsaturated/α-hetero) is 1. The Bertz CT molecular complexity index is 1680.